The van der Waals surface area contributed by atoms with Crippen LogP contribution in [0.5, 0.6) is 5.75 Å². The lowest BCUT2D eigenvalue weighted by atomic mass is 10.3. The molecule has 86 valence electrons. The summed E-state index contributed by atoms with van der Waals surface area (Å²) in [6.07, 6.45) is -0.284. The maximum absolute atomic E-state index is 11.8. The van der Waals surface area contributed by atoms with E-state index in [0.717, 1.165) is 17.6 Å². The fourth-order valence-electron chi connectivity index (χ4n) is 1.53. The predicted octanol–water partition coefficient (Wildman–Crippen LogP) is 1.85. The maximum atomic E-state index is 11.8. The highest BCUT2D eigenvalue weighted by Crippen LogP contribution is 2.24. The molecular formula is C11H13BrN2O2. The summed E-state index contributed by atoms with van der Waals surface area (Å²) >= 11 is 3.34. The van der Waals surface area contributed by atoms with Crippen LogP contribution in [-0.4, -0.2) is 37.2 Å². The van der Waals surface area contributed by atoms with Crippen molar-refractivity contribution in [2.45, 2.75) is 0 Å². The van der Waals surface area contributed by atoms with Crippen LogP contribution < -0.4 is 10.1 Å². The Kier molecular flexibility index (Phi) is 3.79. The Labute approximate surface area is 103 Å². The number of carbonyl (C=O) groups excluding carboxylic acids is 1. The Bertz CT molecular complexity index is 378. The summed E-state index contributed by atoms with van der Waals surface area (Å²) in [6.45, 7) is 3.04. The molecule has 0 atom stereocenters. The van der Waals surface area contributed by atoms with Gasteiger partial charge in [-0.15, -0.1) is 0 Å². The van der Waals surface area contributed by atoms with Crippen molar-refractivity contribution in [2.75, 3.05) is 26.2 Å². The summed E-state index contributed by atoms with van der Waals surface area (Å²) in [5, 5.41) is 3.19. The van der Waals surface area contributed by atoms with Crippen molar-refractivity contribution in [3.8, 4) is 5.75 Å². The number of amides is 1. The van der Waals surface area contributed by atoms with Gasteiger partial charge < -0.3 is 15.0 Å². The van der Waals surface area contributed by atoms with Crippen LogP contribution in [0.15, 0.2) is 28.7 Å². The summed E-state index contributed by atoms with van der Waals surface area (Å²) in [6, 6.07) is 7.34. The Hall–Kier alpha value is -1.07. The predicted molar refractivity (Wildman–Crippen MR) is 64.6 cm³/mol. The fraction of sp³-hybridized carbons (Fsp3) is 0.364. The molecule has 1 amide bonds. The van der Waals surface area contributed by atoms with E-state index in [2.05, 4.69) is 21.2 Å². The molecule has 1 aromatic rings. The topological polar surface area (TPSA) is 41.6 Å². The quantitative estimate of drug-likeness (QED) is 0.856. The Morgan fingerprint density at radius 3 is 2.69 bits per heavy atom. The van der Waals surface area contributed by atoms with Gasteiger partial charge in [-0.05, 0) is 28.1 Å². The largest absolute Gasteiger partial charge is 0.415 e. The van der Waals surface area contributed by atoms with Crippen molar-refractivity contribution in [3.63, 3.8) is 0 Å². The van der Waals surface area contributed by atoms with Crippen LogP contribution in [0.4, 0.5) is 4.79 Å². The molecule has 1 aliphatic rings. The van der Waals surface area contributed by atoms with Crippen LogP contribution in [-0.2, 0) is 0 Å². The number of carbonyl (C=O) groups is 1. The molecule has 5 heteroatoms. The summed E-state index contributed by atoms with van der Waals surface area (Å²) in [4.78, 5) is 13.5. The van der Waals surface area contributed by atoms with Crippen LogP contribution in [0.1, 0.15) is 0 Å². The Morgan fingerprint density at radius 1 is 1.31 bits per heavy atom. The fourth-order valence-corrected chi connectivity index (χ4v) is 1.90. The first-order valence-electron chi connectivity index (χ1n) is 5.19. The van der Waals surface area contributed by atoms with Gasteiger partial charge in [0.1, 0.15) is 5.75 Å². The molecule has 0 bridgehead atoms. The third-order valence-corrected chi connectivity index (χ3v) is 3.06. The van der Waals surface area contributed by atoms with Crippen LogP contribution in [0.3, 0.4) is 0 Å². The normalized spacial score (nSPS) is 15.9. The van der Waals surface area contributed by atoms with Crippen molar-refractivity contribution in [2.24, 2.45) is 0 Å². The molecule has 1 N–H and O–H groups in total. The van der Waals surface area contributed by atoms with Crippen molar-refractivity contribution in [1.82, 2.24) is 10.2 Å². The molecule has 1 aliphatic heterocycles. The summed E-state index contributed by atoms with van der Waals surface area (Å²) < 4.78 is 6.09. The SMILES string of the molecule is O=C(Oc1ccccc1Br)N1CCNCC1. The summed E-state index contributed by atoms with van der Waals surface area (Å²) in [5.41, 5.74) is 0. The number of nitrogens with one attached hydrogen (secondary N) is 1. The summed E-state index contributed by atoms with van der Waals surface area (Å²) in [5.74, 6) is 0.561. The highest BCUT2D eigenvalue weighted by atomic mass is 79.9. The number of nitrogens with zero attached hydrogens (tertiary/aromatic N) is 1. The van der Waals surface area contributed by atoms with Gasteiger partial charge in [0.2, 0.25) is 0 Å². The van der Waals surface area contributed by atoms with E-state index in [0.29, 0.717) is 18.8 Å². The second kappa shape index (κ2) is 5.32. The standard InChI is InChI=1S/C11H13BrN2O2/c12-9-3-1-2-4-10(9)16-11(15)14-7-5-13-6-8-14/h1-4,13H,5-8H2. The average molecular weight is 285 g/mol. The minimum atomic E-state index is -0.284. The number of ether oxygens (including phenoxy) is 1. The van der Waals surface area contributed by atoms with Gasteiger partial charge in [-0.25, -0.2) is 4.79 Å². The molecular weight excluding hydrogens is 272 g/mol. The lowest BCUT2D eigenvalue weighted by Crippen LogP contribution is -2.47. The van der Waals surface area contributed by atoms with Gasteiger partial charge in [-0.2, -0.15) is 0 Å². The van der Waals surface area contributed by atoms with Gasteiger partial charge in [-0.3, -0.25) is 0 Å². The minimum Gasteiger partial charge on any atom is -0.409 e. The van der Waals surface area contributed by atoms with Gasteiger partial charge in [0, 0.05) is 26.2 Å². The molecule has 0 radical (unpaired) electrons. The molecule has 1 fully saturated rings. The molecule has 1 heterocycles. The van der Waals surface area contributed by atoms with E-state index in [4.69, 9.17) is 4.74 Å². The first kappa shape index (κ1) is 11.4. The molecule has 1 saturated heterocycles. The Balaban J connectivity index is 1.99. The number of hydrogen-bond donors (Lipinski definition) is 1. The maximum Gasteiger partial charge on any atom is 0.415 e. The van der Waals surface area contributed by atoms with E-state index in [1.54, 1.807) is 11.0 Å². The third-order valence-electron chi connectivity index (χ3n) is 2.41. The third kappa shape index (κ3) is 2.74. The molecule has 0 aliphatic carbocycles. The number of benzene rings is 1. The van der Waals surface area contributed by atoms with Crippen LogP contribution in [0.2, 0.25) is 0 Å². The molecule has 0 unspecified atom stereocenters. The smallest absolute Gasteiger partial charge is 0.409 e. The first-order chi connectivity index (χ1) is 7.77. The molecule has 0 spiro atoms. The van der Waals surface area contributed by atoms with Gasteiger partial charge in [0.15, 0.2) is 0 Å². The average Bonchev–Trinajstić information content (AvgIpc) is 2.33. The molecule has 4 nitrogen and oxygen atoms in total. The van der Waals surface area contributed by atoms with Crippen LogP contribution >= 0.6 is 15.9 Å². The van der Waals surface area contributed by atoms with Crippen molar-refractivity contribution in [3.05, 3.63) is 28.7 Å². The highest BCUT2D eigenvalue weighted by Gasteiger charge is 2.18. The van der Waals surface area contributed by atoms with Crippen LogP contribution in [0.25, 0.3) is 0 Å². The zero-order valence-electron chi connectivity index (χ0n) is 8.78. The number of piperazine rings is 1. The van der Waals surface area contributed by atoms with E-state index in [9.17, 15) is 4.79 Å². The van der Waals surface area contributed by atoms with E-state index in [-0.39, 0.29) is 6.09 Å². The zero-order valence-corrected chi connectivity index (χ0v) is 10.4. The van der Waals surface area contributed by atoms with E-state index < -0.39 is 0 Å². The van der Waals surface area contributed by atoms with Gasteiger partial charge in [-0.1, -0.05) is 12.1 Å². The monoisotopic (exact) mass is 284 g/mol. The van der Waals surface area contributed by atoms with Gasteiger partial charge in [0.25, 0.3) is 0 Å². The number of halogens is 1. The van der Waals surface area contributed by atoms with Crippen molar-refractivity contribution in [1.29, 1.82) is 0 Å². The van der Waals surface area contributed by atoms with Gasteiger partial charge in [0.05, 0.1) is 4.47 Å². The minimum absolute atomic E-state index is 0.284. The lowest BCUT2D eigenvalue weighted by molar-refractivity contribution is 0.145. The lowest BCUT2D eigenvalue weighted by Gasteiger charge is -2.26. The second-order valence-corrected chi connectivity index (χ2v) is 4.39. The number of rotatable bonds is 1. The molecule has 2 rings (SSSR count). The first-order valence-corrected chi connectivity index (χ1v) is 5.98. The van der Waals surface area contributed by atoms with E-state index >= 15 is 0 Å². The zero-order chi connectivity index (χ0) is 11.4. The molecule has 0 aromatic heterocycles. The molecule has 16 heavy (non-hydrogen) atoms. The van der Waals surface area contributed by atoms with Crippen LogP contribution in [0, 0.1) is 0 Å². The van der Waals surface area contributed by atoms with Crippen molar-refractivity contribution >= 4 is 22.0 Å². The summed E-state index contributed by atoms with van der Waals surface area (Å²) in [7, 11) is 0. The van der Waals surface area contributed by atoms with E-state index in [1.807, 2.05) is 18.2 Å². The molecule has 0 saturated carbocycles. The van der Waals surface area contributed by atoms with Gasteiger partial charge >= 0.3 is 6.09 Å². The Morgan fingerprint density at radius 2 is 2.00 bits per heavy atom. The highest BCUT2D eigenvalue weighted by molar-refractivity contribution is 9.10. The number of para-hydroxylation sites is 1. The van der Waals surface area contributed by atoms with Crippen molar-refractivity contribution < 1.29 is 9.53 Å². The number of hydrogen-bond acceptors (Lipinski definition) is 3. The second-order valence-electron chi connectivity index (χ2n) is 3.54. The van der Waals surface area contributed by atoms with E-state index in [1.165, 1.54) is 0 Å². The molecule has 1 aromatic carbocycles.